The van der Waals surface area contributed by atoms with Crippen molar-refractivity contribution in [2.45, 2.75) is 38.3 Å². The number of quaternary nitrogens is 1. The Balaban J connectivity index is 1.71. The average Bonchev–Trinajstić information content (AvgIpc) is 2.33. The van der Waals surface area contributed by atoms with Crippen LogP contribution >= 0.6 is 0 Å². The van der Waals surface area contributed by atoms with E-state index < -0.39 is 0 Å². The Kier molecular flexibility index (Phi) is 4.37. The standard InChI is InChI=1S/C14H21NO/c16-14-9-5-4-8-13(14)11-15-10-12-6-2-1-3-7-12/h1-3,6-7,13-16H,4-5,8-11H2/p+1/t13-,14-/m0/s1. The van der Waals surface area contributed by atoms with Crippen LogP contribution in [0.5, 0.6) is 0 Å². The summed E-state index contributed by atoms with van der Waals surface area (Å²) in [5.74, 6) is 0.512. The van der Waals surface area contributed by atoms with Gasteiger partial charge in [-0.3, -0.25) is 0 Å². The van der Waals surface area contributed by atoms with E-state index in [1.165, 1.54) is 24.8 Å². The van der Waals surface area contributed by atoms with Crippen LogP contribution in [-0.4, -0.2) is 17.8 Å². The Morgan fingerprint density at radius 1 is 1.12 bits per heavy atom. The van der Waals surface area contributed by atoms with Gasteiger partial charge in [0.15, 0.2) is 0 Å². The molecule has 16 heavy (non-hydrogen) atoms. The number of benzene rings is 1. The van der Waals surface area contributed by atoms with Crippen LogP contribution in [0.25, 0.3) is 0 Å². The van der Waals surface area contributed by atoms with Gasteiger partial charge in [0.2, 0.25) is 0 Å². The van der Waals surface area contributed by atoms with Crippen LogP contribution in [0.2, 0.25) is 0 Å². The monoisotopic (exact) mass is 220 g/mol. The molecule has 0 bridgehead atoms. The predicted molar refractivity (Wildman–Crippen MR) is 64.9 cm³/mol. The maximum atomic E-state index is 9.85. The van der Waals surface area contributed by atoms with Gasteiger partial charge < -0.3 is 10.4 Å². The van der Waals surface area contributed by atoms with E-state index >= 15 is 0 Å². The van der Waals surface area contributed by atoms with Crippen LogP contribution in [0.15, 0.2) is 30.3 Å². The van der Waals surface area contributed by atoms with Gasteiger partial charge >= 0.3 is 0 Å². The zero-order chi connectivity index (χ0) is 11.2. The third kappa shape index (κ3) is 3.32. The molecule has 2 nitrogen and oxygen atoms in total. The van der Waals surface area contributed by atoms with Gasteiger partial charge in [-0.25, -0.2) is 0 Å². The molecule has 0 radical (unpaired) electrons. The van der Waals surface area contributed by atoms with E-state index in [0.29, 0.717) is 5.92 Å². The first-order valence-corrected chi connectivity index (χ1v) is 6.40. The number of aliphatic hydroxyl groups is 1. The Hall–Kier alpha value is -0.860. The highest BCUT2D eigenvalue weighted by molar-refractivity contribution is 5.12. The molecule has 1 aromatic carbocycles. The van der Waals surface area contributed by atoms with Gasteiger partial charge in [-0.15, -0.1) is 0 Å². The highest BCUT2D eigenvalue weighted by atomic mass is 16.3. The molecule has 0 unspecified atom stereocenters. The summed E-state index contributed by atoms with van der Waals surface area (Å²) in [5.41, 5.74) is 1.37. The molecule has 3 N–H and O–H groups in total. The normalized spacial score (nSPS) is 25.6. The molecule has 0 aliphatic heterocycles. The SMILES string of the molecule is O[C@H]1CCCC[C@H]1C[NH2+]Cc1ccccc1. The van der Waals surface area contributed by atoms with Crippen molar-refractivity contribution in [1.29, 1.82) is 0 Å². The first-order valence-electron chi connectivity index (χ1n) is 6.40. The third-order valence-corrected chi connectivity index (χ3v) is 3.56. The molecule has 1 fully saturated rings. The fraction of sp³-hybridized carbons (Fsp3) is 0.571. The van der Waals surface area contributed by atoms with Crippen molar-refractivity contribution < 1.29 is 10.4 Å². The number of nitrogens with two attached hydrogens (primary N) is 1. The Morgan fingerprint density at radius 3 is 2.62 bits per heavy atom. The number of hydrogen-bond donors (Lipinski definition) is 2. The lowest BCUT2D eigenvalue weighted by molar-refractivity contribution is -0.677. The summed E-state index contributed by atoms with van der Waals surface area (Å²) >= 11 is 0. The smallest absolute Gasteiger partial charge is 0.101 e. The molecular weight excluding hydrogens is 198 g/mol. The van der Waals surface area contributed by atoms with Crippen molar-refractivity contribution >= 4 is 0 Å². The number of aliphatic hydroxyl groups excluding tert-OH is 1. The van der Waals surface area contributed by atoms with Crippen LogP contribution in [0.4, 0.5) is 0 Å². The second kappa shape index (κ2) is 6.02. The quantitative estimate of drug-likeness (QED) is 0.788. The maximum absolute atomic E-state index is 9.85. The third-order valence-electron chi connectivity index (χ3n) is 3.56. The van der Waals surface area contributed by atoms with E-state index in [1.54, 1.807) is 0 Å². The summed E-state index contributed by atoms with van der Waals surface area (Å²) in [7, 11) is 0. The van der Waals surface area contributed by atoms with Gasteiger partial charge in [0.25, 0.3) is 0 Å². The van der Waals surface area contributed by atoms with E-state index in [4.69, 9.17) is 0 Å². The van der Waals surface area contributed by atoms with Crippen LogP contribution < -0.4 is 5.32 Å². The zero-order valence-corrected chi connectivity index (χ0v) is 9.81. The van der Waals surface area contributed by atoms with Crippen molar-refractivity contribution in [2.24, 2.45) is 5.92 Å². The fourth-order valence-electron chi connectivity index (χ4n) is 2.54. The fourth-order valence-corrected chi connectivity index (χ4v) is 2.54. The Bertz CT molecular complexity index is 299. The van der Waals surface area contributed by atoms with E-state index in [2.05, 4.69) is 29.6 Å². The summed E-state index contributed by atoms with van der Waals surface area (Å²) < 4.78 is 0. The molecule has 2 atom stereocenters. The molecule has 0 saturated heterocycles. The van der Waals surface area contributed by atoms with E-state index in [1.807, 2.05) is 6.07 Å². The van der Waals surface area contributed by atoms with Crippen molar-refractivity contribution in [3.05, 3.63) is 35.9 Å². The van der Waals surface area contributed by atoms with Gasteiger partial charge in [0.1, 0.15) is 6.54 Å². The van der Waals surface area contributed by atoms with Crippen LogP contribution in [-0.2, 0) is 6.54 Å². The van der Waals surface area contributed by atoms with E-state index in [0.717, 1.165) is 19.5 Å². The zero-order valence-electron chi connectivity index (χ0n) is 9.81. The first-order chi connectivity index (χ1) is 7.86. The minimum absolute atomic E-state index is 0.0548. The summed E-state index contributed by atoms with van der Waals surface area (Å²) in [6.45, 7) is 2.10. The minimum atomic E-state index is -0.0548. The van der Waals surface area contributed by atoms with Crippen molar-refractivity contribution in [3.63, 3.8) is 0 Å². The first kappa shape index (κ1) is 11.6. The number of rotatable bonds is 4. The van der Waals surface area contributed by atoms with Gasteiger partial charge in [-0.05, 0) is 12.8 Å². The van der Waals surface area contributed by atoms with Crippen LogP contribution in [0.1, 0.15) is 31.2 Å². The van der Waals surface area contributed by atoms with Crippen LogP contribution in [0, 0.1) is 5.92 Å². The topological polar surface area (TPSA) is 36.8 Å². The largest absolute Gasteiger partial charge is 0.393 e. The summed E-state index contributed by atoms with van der Waals surface area (Å²) in [4.78, 5) is 0. The summed E-state index contributed by atoms with van der Waals surface area (Å²) in [6.07, 6.45) is 4.65. The Labute approximate surface area is 97.7 Å². The molecule has 1 aliphatic carbocycles. The minimum Gasteiger partial charge on any atom is -0.393 e. The lowest BCUT2D eigenvalue weighted by Gasteiger charge is -2.26. The van der Waals surface area contributed by atoms with E-state index in [-0.39, 0.29) is 6.10 Å². The molecule has 1 aromatic rings. The van der Waals surface area contributed by atoms with Gasteiger partial charge in [0.05, 0.1) is 12.6 Å². The molecule has 2 rings (SSSR count). The van der Waals surface area contributed by atoms with Crippen molar-refractivity contribution in [2.75, 3.05) is 6.54 Å². The van der Waals surface area contributed by atoms with Crippen molar-refractivity contribution in [1.82, 2.24) is 0 Å². The molecule has 1 saturated carbocycles. The Morgan fingerprint density at radius 2 is 1.88 bits per heavy atom. The predicted octanol–water partition coefficient (Wildman–Crippen LogP) is 1.30. The molecule has 0 spiro atoms. The highest BCUT2D eigenvalue weighted by Crippen LogP contribution is 2.22. The summed E-state index contributed by atoms with van der Waals surface area (Å²) in [6, 6.07) is 10.5. The van der Waals surface area contributed by atoms with Gasteiger partial charge in [0, 0.05) is 11.5 Å². The number of hydrogen-bond acceptors (Lipinski definition) is 1. The molecule has 1 aliphatic rings. The molecule has 0 amide bonds. The average molecular weight is 220 g/mol. The maximum Gasteiger partial charge on any atom is 0.101 e. The molecule has 0 aromatic heterocycles. The highest BCUT2D eigenvalue weighted by Gasteiger charge is 2.23. The lowest BCUT2D eigenvalue weighted by Crippen LogP contribution is -2.84. The molecular formula is C14H22NO+. The molecule has 2 heteroatoms. The second-order valence-electron chi connectivity index (χ2n) is 4.83. The van der Waals surface area contributed by atoms with Crippen LogP contribution in [0.3, 0.4) is 0 Å². The van der Waals surface area contributed by atoms with Crippen molar-refractivity contribution in [3.8, 4) is 0 Å². The second-order valence-corrected chi connectivity index (χ2v) is 4.83. The molecule has 88 valence electrons. The van der Waals surface area contributed by atoms with Gasteiger partial charge in [-0.2, -0.15) is 0 Å². The summed E-state index contributed by atoms with van der Waals surface area (Å²) in [5, 5.41) is 12.2. The lowest BCUT2D eigenvalue weighted by atomic mass is 9.86. The van der Waals surface area contributed by atoms with E-state index in [9.17, 15) is 5.11 Å². The molecule has 0 heterocycles. The van der Waals surface area contributed by atoms with Gasteiger partial charge in [-0.1, -0.05) is 43.2 Å².